The maximum Gasteiger partial charge on any atom is 0.251 e. The summed E-state index contributed by atoms with van der Waals surface area (Å²) in [5.41, 5.74) is 6.41. The van der Waals surface area contributed by atoms with Crippen LogP contribution in [0.1, 0.15) is 6.92 Å². The Labute approximate surface area is 95.1 Å². The van der Waals surface area contributed by atoms with Crippen molar-refractivity contribution in [2.45, 2.75) is 12.2 Å². The number of rotatable bonds is 3. The number of hydrogen-bond acceptors (Lipinski definition) is 4. The Hall–Kier alpha value is -1.74. The molecule has 1 rings (SSSR count). The van der Waals surface area contributed by atoms with Gasteiger partial charge in [-0.3, -0.25) is 4.31 Å². The maximum atomic E-state index is 11.9. The highest BCUT2D eigenvalue weighted by Crippen LogP contribution is 2.24. The molecule has 1 aromatic carbocycles. The highest BCUT2D eigenvalue weighted by Gasteiger charge is 2.26. The van der Waals surface area contributed by atoms with E-state index in [9.17, 15) is 8.42 Å². The molecule has 0 saturated carbocycles. The number of nitriles is 1. The van der Waals surface area contributed by atoms with Gasteiger partial charge in [0.15, 0.2) is 5.25 Å². The van der Waals surface area contributed by atoms with E-state index in [0.29, 0.717) is 11.4 Å². The van der Waals surface area contributed by atoms with Gasteiger partial charge in [0, 0.05) is 7.05 Å². The fraction of sp³-hybridized carbons (Fsp3) is 0.300. The Bertz CT molecular complexity index is 519. The molecular weight excluding hydrogens is 226 g/mol. The molecule has 0 aliphatic carbocycles. The van der Waals surface area contributed by atoms with Crippen LogP contribution in [-0.2, 0) is 10.0 Å². The van der Waals surface area contributed by atoms with Gasteiger partial charge in [0.2, 0.25) is 0 Å². The molecule has 86 valence electrons. The Morgan fingerprint density at radius 1 is 1.44 bits per heavy atom. The largest absolute Gasteiger partial charge is 0.397 e. The van der Waals surface area contributed by atoms with Crippen LogP contribution >= 0.6 is 0 Å². The first-order valence-corrected chi connectivity index (χ1v) is 6.13. The number of sulfonamides is 1. The lowest BCUT2D eigenvalue weighted by Gasteiger charge is -2.21. The van der Waals surface area contributed by atoms with Crippen molar-refractivity contribution >= 4 is 21.4 Å². The number of para-hydroxylation sites is 2. The second kappa shape index (κ2) is 4.41. The molecule has 0 spiro atoms. The molecule has 1 unspecified atom stereocenters. The van der Waals surface area contributed by atoms with Crippen molar-refractivity contribution in [1.82, 2.24) is 0 Å². The van der Waals surface area contributed by atoms with Crippen molar-refractivity contribution in [2.75, 3.05) is 17.1 Å². The molecule has 0 aromatic heterocycles. The number of nitrogens with zero attached hydrogens (tertiary/aromatic N) is 2. The van der Waals surface area contributed by atoms with Crippen LogP contribution in [0.25, 0.3) is 0 Å². The van der Waals surface area contributed by atoms with E-state index >= 15 is 0 Å². The molecule has 0 bridgehead atoms. The summed E-state index contributed by atoms with van der Waals surface area (Å²) in [7, 11) is -2.29. The van der Waals surface area contributed by atoms with Crippen molar-refractivity contribution in [2.24, 2.45) is 0 Å². The minimum absolute atomic E-state index is 0.360. The molecule has 0 aliphatic heterocycles. The minimum atomic E-state index is -3.67. The Morgan fingerprint density at radius 2 is 2.00 bits per heavy atom. The summed E-state index contributed by atoms with van der Waals surface area (Å²) in [6.07, 6.45) is 0. The van der Waals surface area contributed by atoms with Gasteiger partial charge in [-0.25, -0.2) is 8.42 Å². The van der Waals surface area contributed by atoms with E-state index in [1.165, 1.54) is 14.0 Å². The van der Waals surface area contributed by atoms with Crippen LogP contribution in [-0.4, -0.2) is 20.7 Å². The van der Waals surface area contributed by atoms with E-state index in [1.807, 2.05) is 0 Å². The standard InChI is InChI=1S/C10H13N3O2S/c1-8(7-11)16(14,15)13(2)10-6-4-3-5-9(10)12/h3-6,8H,12H2,1-2H3. The van der Waals surface area contributed by atoms with Gasteiger partial charge >= 0.3 is 0 Å². The predicted molar refractivity (Wildman–Crippen MR) is 63.3 cm³/mol. The second-order valence-corrected chi connectivity index (χ2v) is 5.63. The first kappa shape index (κ1) is 12.3. The maximum absolute atomic E-state index is 11.9. The summed E-state index contributed by atoms with van der Waals surface area (Å²) in [5.74, 6) is 0. The summed E-state index contributed by atoms with van der Waals surface area (Å²) in [5, 5.41) is 7.55. The molecule has 1 aromatic rings. The van der Waals surface area contributed by atoms with Crippen molar-refractivity contribution in [3.8, 4) is 6.07 Å². The topological polar surface area (TPSA) is 87.2 Å². The van der Waals surface area contributed by atoms with Gasteiger partial charge in [-0.05, 0) is 19.1 Å². The van der Waals surface area contributed by atoms with Crippen LogP contribution in [0, 0.1) is 11.3 Å². The fourth-order valence-electron chi connectivity index (χ4n) is 1.22. The third-order valence-electron chi connectivity index (χ3n) is 2.29. The highest BCUT2D eigenvalue weighted by atomic mass is 32.2. The summed E-state index contributed by atoms with van der Waals surface area (Å²) < 4.78 is 24.8. The molecule has 0 heterocycles. The fourth-order valence-corrected chi connectivity index (χ4v) is 2.26. The number of anilines is 2. The zero-order valence-corrected chi connectivity index (χ0v) is 9.90. The lowest BCUT2D eigenvalue weighted by molar-refractivity contribution is 0.590. The van der Waals surface area contributed by atoms with Gasteiger partial charge in [0.05, 0.1) is 17.4 Å². The summed E-state index contributed by atoms with van der Waals surface area (Å²) in [6.45, 7) is 1.34. The molecule has 2 N–H and O–H groups in total. The summed E-state index contributed by atoms with van der Waals surface area (Å²) in [6, 6.07) is 8.31. The van der Waals surface area contributed by atoms with Gasteiger partial charge < -0.3 is 5.73 Å². The van der Waals surface area contributed by atoms with Crippen LogP contribution < -0.4 is 10.0 Å². The van der Waals surface area contributed by atoms with E-state index < -0.39 is 15.3 Å². The van der Waals surface area contributed by atoms with Crippen LogP contribution in [0.5, 0.6) is 0 Å². The molecule has 1 atom stereocenters. The molecule has 16 heavy (non-hydrogen) atoms. The van der Waals surface area contributed by atoms with Gasteiger partial charge in [0.25, 0.3) is 10.0 Å². The lowest BCUT2D eigenvalue weighted by Crippen LogP contribution is -2.34. The molecule has 0 saturated heterocycles. The van der Waals surface area contributed by atoms with Gasteiger partial charge in [-0.2, -0.15) is 5.26 Å². The second-order valence-electron chi connectivity index (χ2n) is 3.34. The Balaban J connectivity index is 3.19. The molecule has 0 fully saturated rings. The number of nitrogens with two attached hydrogens (primary N) is 1. The quantitative estimate of drug-likeness (QED) is 0.795. The average Bonchev–Trinajstić information content (AvgIpc) is 2.27. The van der Waals surface area contributed by atoms with Crippen molar-refractivity contribution in [3.63, 3.8) is 0 Å². The van der Waals surface area contributed by atoms with E-state index in [0.717, 1.165) is 4.31 Å². The molecule has 5 nitrogen and oxygen atoms in total. The molecule has 0 aliphatic rings. The third kappa shape index (κ3) is 2.09. The Kier molecular flexibility index (Phi) is 3.40. The lowest BCUT2D eigenvalue weighted by atomic mass is 10.3. The first-order valence-electron chi connectivity index (χ1n) is 4.63. The van der Waals surface area contributed by atoms with Gasteiger partial charge in [-0.15, -0.1) is 0 Å². The van der Waals surface area contributed by atoms with E-state index in [2.05, 4.69) is 0 Å². The van der Waals surface area contributed by atoms with E-state index in [4.69, 9.17) is 11.0 Å². The average molecular weight is 239 g/mol. The smallest absolute Gasteiger partial charge is 0.251 e. The third-order valence-corrected chi connectivity index (χ3v) is 4.25. The van der Waals surface area contributed by atoms with Crippen LogP contribution in [0.3, 0.4) is 0 Å². The van der Waals surface area contributed by atoms with Crippen LogP contribution in [0.4, 0.5) is 11.4 Å². The van der Waals surface area contributed by atoms with Crippen LogP contribution in [0.15, 0.2) is 24.3 Å². The van der Waals surface area contributed by atoms with Gasteiger partial charge in [0.1, 0.15) is 0 Å². The van der Waals surface area contributed by atoms with E-state index in [-0.39, 0.29) is 0 Å². The molecule has 0 amide bonds. The monoisotopic (exact) mass is 239 g/mol. The summed E-state index contributed by atoms with van der Waals surface area (Å²) in [4.78, 5) is 0. The normalized spacial score (nSPS) is 12.8. The zero-order valence-electron chi connectivity index (χ0n) is 9.08. The van der Waals surface area contributed by atoms with E-state index in [1.54, 1.807) is 30.3 Å². The zero-order chi connectivity index (χ0) is 12.3. The molecule has 0 radical (unpaired) electrons. The number of hydrogen-bond donors (Lipinski definition) is 1. The van der Waals surface area contributed by atoms with Crippen molar-refractivity contribution in [3.05, 3.63) is 24.3 Å². The molecular formula is C10H13N3O2S. The SMILES string of the molecule is CC(C#N)S(=O)(=O)N(C)c1ccccc1N. The molecule has 6 heteroatoms. The van der Waals surface area contributed by atoms with Gasteiger partial charge in [-0.1, -0.05) is 12.1 Å². The van der Waals surface area contributed by atoms with Crippen molar-refractivity contribution < 1.29 is 8.42 Å². The van der Waals surface area contributed by atoms with Crippen LogP contribution in [0.2, 0.25) is 0 Å². The number of benzene rings is 1. The minimum Gasteiger partial charge on any atom is -0.397 e. The number of nitrogen functional groups attached to an aromatic ring is 1. The Morgan fingerprint density at radius 3 is 2.50 bits per heavy atom. The van der Waals surface area contributed by atoms with Crippen molar-refractivity contribution in [1.29, 1.82) is 5.26 Å². The predicted octanol–water partition coefficient (Wildman–Crippen LogP) is 0.947. The summed E-state index contributed by atoms with van der Waals surface area (Å²) >= 11 is 0. The first-order chi connectivity index (χ1) is 7.41. The highest BCUT2D eigenvalue weighted by molar-refractivity contribution is 7.93.